The van der Waals surface area contributed by atoms with Gasteiger partial charge < -0.3 is 15.7 Å². The zero-order valence-corrected chi connectivity index (χ0v) is 13.6. The van der Waals surface area contributed by atoms with Crippen LogP contribution in [0.4, 0.5) is 16.2 Å². The van der Waals surface area contributed by atoms with Crippen LogP contribution in [-0.4, -0.2) is 11.1 Å². The van der Waals surface area contributed by atoms with Crippen LogP contribution < -0.4 is 10.6 Å². The van der Waals surface area contributed by atoms with Gasteiger partial charge in [-0.15, -0.1) is 0 Å². The molecule has 2 aromatic rings. The molecule has 3 N–H and O–H groups in total. The highest BCUT2D eigenvalue weighted by Crippen LogP contribution is 2.26. The van der Waals surface area contributed by atoms with Crippen molar-refractivity contribution in [3.05, 3.63) is 57.5 Å². The molecule has 110 valence electrons. The van der Waals surface area contributed by atoms with E-state index >= 15 is 0 Å². The van der Waals surface area contributed by atoms with Crippen LogP contribution in [0.2, 0.25) is 5.02 Å². The van der Waals surface area contributed by atoms with Crippen molar-refractivity contribution in [1.82, 2.24) is 0 Å². The Bertz CT molecular complexity index is 645. The summed E-state index contributed by atoms with van der Waals surface area (Å²) in [5, 5.41) is 15.3. The topological polar surface area (TPSA) is 61.4 Å². The number of carbonyl (C=O) groups is 1. The van der Waals surface area contributed by atoms with Crippen LogP contribution in [-0.2, 0) is 0 Å². The normalized spacial score (nSPS) is 11.8. The highest BCUT2D eigenvalue weighted by atomic mass is 79.9. The van der Waals surface area contributed by atoms with Crippen molar-refractivity contribution in [3.63, 3.8) is 0 Å². The number of halogens is 2. The molecule has 0 aliphatic rings. The minimum Gasteiger partial charge on any atom is -0.389 e. The van der Waals surface area contributed by atoms with Gasteiger partial charge in [0.05, 0.1) is 16.8 Å². The second kappa shape index (κ2) is 6.93. The zero-order chi connectivity index (χ0) is 15.4. The molecule has 21 heavy (non-hydrogen) atoms. The van der Waals surface area contributed by atoms with Crippen molar-refractivity contribution in [2.75, 3.05) is 10.6 Å². The van der Waals surface area contributed by atoms with Crippen LogP contribution in [0.15, 0.2) is 46.9 Å². The number of benzene rings is 2. The lowest BCUT2D eigenvalue weighted by molar-refractivity contribution is 0.199. The molecule has 0 aromatic heterocycles. The first-order valence-electron chi connectivity index (χ1n) is 6.27. The van der Waals surface area contributed by atoms with Gasteiger partial charge in [0, 0.05) is 10.2 Å². The minimum absolute atomic E-state index is 0.389. The molecule has 0 spiro atoms. The summed E-state index contributed by atoms with van der Waals surface area (Å²) in [4.78, 5) is 11.9. The predicted molar refractivity (Wildman–Crippen MR) is 88.9 cm³/mol. The number of hydrogen-bond donors (Lipinski definition) is 3. The van der Waals surface area contributed by atoms with Gasteiger partial charge in [0.25, 0.3) is 0 Å². The Hall–Kier alpha value is -1.56. The lowest BCUT2D eigenvalue weighted by Crippen LogP contribution is -2.19. The third kappa shape index (κ3) is 4.46. The van der Waals surface area contributed by atoms with E-state index < -0.39 is 6.10 Å². The summed E-state index contributed by atoms with van der Waals surface area (Å²) in [5.74, 6) is 0. The molecule has 0 fully saturated rings. The number of amides is 2. The summed E-state index contributed by atoms with van der Waals surface area (Å²) in [6, 6.07) is 11.8. The van der Waals surface area contributed by atoms with E-state index in [0.717, 1.165) is 10.0 Å². The Morgan fingerprint density at radius 2 is 1.86 bits per heavy atom. The van der Waals surface area contributed by atoms with Gasteiger partial charge in [-0.2, -0.15) is 0 Å². The number of carbonyl (C=O) groups excluding carboxylic acids is 1. The molecule has 1 unspecified atom stereocenters. The van der Waals surface area contributed by atoms with Crippen molar-refractivity contribution >= 4 is 44.9 Å². The molecule has 1 atom stereocenters. The van der Waals surface area contributed by atoms with Gasteiger partial charge in [-0.1, -0.05) is 39.7 Å². The molecular weight excluding hydrogens is 356 g/mol. The average molecular weight is 370 g/mol. The lowest BCUT2D eigenvalue weighted by atomic mass is 10.1. The van der Waals surface area contributed by atoms with Gasteiger partial charge in [-0.3, -0.25) is 0 Å². The Balaban J connectivity index is 2.03. The van der Waals surface area contributed by atoms with E-state index in [-0.39, 0.29) is 6.03 Å². The van der Waals surface area contributed by atoms with Gasteiger partial charge >= 0.3 is 6.03 Å². The van der Waals surface area contributed by atoms with Gasteiger partial charge in [-0.05, 0) is 42.8 Å². The second-order valence-corrected chi connectivity index (χ2v) is 5.82. The Kier molecular flexibility index (Phi) is 5.22. The number of urea groups is 1. The second-order valence-electron chi connectivity index (χ2n) is 4.50. The molecule has 0 aliphatic heterocycles. The summed E-state index contributed by atoms with van der Waals surface area (Å²) < 4.78 is 0.823. The minimum atomic E-state index is -0.534. The van der Waals surface area contributed by atoms with Crippen molar-refractivity contribution in [3.8, 4) is 0 Å². The van der Waals surface area contributed by atoms with Crippen molar-refractivity contribution < 1.29 is 9.90 Å². The van der Waals surface area contributed by atoms with Crippen molar-refractivity contribution in [1.29, 1.82) is 0 Å². The summed E-state index contributed by atoms with van der Waals surface area (Å²) in [7, 11) is 0. The highest BCUT2D eigenvalue weighted by molar-refractivity contribution is 9.10. The number of hydrogen-bond acceptors (Lipinski definition) is 2. The quantitative estimate of drug-likeness (QED) is 0.728. The van der Waals surface area contributed by atoms with Crippen LogP contribution in [0.1, 0.15) is 18.6 Å². The number of nitrogens with one attached hydrogen (secondary N) is 2. The summed E-state index contributed by atoms with van der Waals surface area (Å²) in [6.45, 7) is 1.68. The van der Waals surface area contributed by atoms with E-state index in [2.05, 4.69) is 26.6 Å². The molecular formula is C15H14BrClN2O2. The van der Waals surface area contributed by atoms with E-state index in [1.807, 2.05) is 0 Å². The first kappa shape index (κ1) is 15.8. The van der Waals surface area contributed by atoms with E-state index in [0.29, 0.717) is 16.4 Å². The van der Waals surface area contributed by atoms with Gasteiger partial charge in [0.1, 0.15) is 0 Å². The maximum atomic E-state index is 11.9. The number of rotatable bonds is 3. The summed E-state index contributed by atoms with van der Waals surface area (Å²) in [5.41, 5.74) is 1.93. The smallest absolute Gasteiger partial charge is 0.323 e. The largest absolute Gasteiger partial charge is 0.389 e. The maximum Gasteiger partial charge on any atom is 0.323 e. The number of aliphatic hydroxyl groups is 1. The van der Waals surface area contributed by atoms with Crippen molar-refractivity contribution in [2.45, 2.75) is 13.0 Å². The lowest BCUT2D eigenvalue weighted by Gasteiger charge is -2.10. The third-order valence-corrected chi connectivity index (χ3v) is 3.65. The molecule has 6 heteroatoms. The standard InChI is InChI=1S/C15H14BrClN2O2/c1-9(20)10-2-5-12(6-3-10)18-15(21)19-14-8-11(16)4-7-13(14)17/h2-9,20H,1H3,(H2,18,19,21). The molecule has 2 rings (SSSR count). The molecule has 2 aromatic carbocycles. The zero-order valence-electron chi connectivity index (χ0n) is 11.2. The highest BCUT2D eigenvalue weighted by Gasteiger charge is 2.07. The average Bonchev–Trinajstić information content (AvgIpc) is 2.43. The number of aliphatic hydroxyl groups excluding tert-OH is 1. The maximum absolute atomic E-state index is 11.9. The first-order valence-corrected chi connectivity index (χ1v) is 7.44. The molecule has 2 amide bonds. The molecule has 4 nitrogen and oxygen atoms in total. The van der Waals surface area contributed by atoms with Crippen LogP contribution in [0.3, 0.4) is 0 Å². The predicted octanol–water partition coefficient (Wildman–Crippen LogP) is 4.80. The molecule has 0 heterocycles. The molecule has 0 saturated heterocycles. The van der Waals surface area contributed by atoms with Crippen molar-refractivity contribution in [2.24, 2.45) is 0 Å². The van der Waals surface area contributed by atoms with Gasteiger partial charge in [0.15, 0.2) is 0 Å². The fourth-order valence-corrected chi connectivity index (χ4v) is 2.25. The SMILES string of the molecule is CC(O)c1ccc(NC(=O)Nc2cc(Br)ccc2Cl)cc1. The summed E-state index contributed by atoms with van der Waals surface area (Å²) >= 11 is 9.33. The van der Waals surface area contributed by atoms with Gasteiger partial charge in [0.2, 0.25) is 0 Å². The molecule has 0 saturated carbocycles. The monoisotopic (exact) mass is 368 g/mol. The molecule has 0 radical (unpaired) electrons. The fraction of sp³-hybridized carbons (Fsp3) is 0.133. The van der Waals surface area contributed by atoms with Crippen LogP contribution in [0.25, 0.3) is 0 Å². The van der Waals surface area contributed by atoms with E-state index in [4.69, 9.17) is 11.6 Å². The summed E-state index contributed by atoms with van der Waals surface area (Å²) in [6.07, 6.45) is -0.534. The third-order valence-electron chi connectivity index (χ3n) is 2.83. The van der Waals surface area contributed by atoms with Crippen LogP contribution >= 0.6 is 27.5 Å². The Morgan fingerprint density at radius 3 is 2.48 bits per heavy atom. The first-order chi connectivity index (χ1) is 9.95. The van der Waals surface area contributed by atoms with E-state index in [9.17, 15) is 9.90 Å². The van der Waals surface area contributed by atoms with Crippen LogP contribution in [0, 0.1) is 0 Å². The fourth-order valence-electron chi connectivity index (χ4n) is 1.72. The van der Waals surface area contributed by atoms with Crippen LogP contribution in [0.5, 0.6) is 0 Å². The number of anilines is 2. The Labute approximate surface area is 136 Å². The molecule has 0 aliphatic carbocycles. The van der Waals surface area contributed by atoms with Gasteiger partial charge in [-0.25, -0.2) is 4.79 Å². The molecule has 0 bridgehead atoms. The van der Waals surface area contributed by atoms with E-state index in [1.165, 1.54) is 0 Å². The Morgan fingerprint density at radius 1 is 1.19 bits per heavy atom. The van der Waals surface area contributed by atoms with E-state index in [1.54, 1.807) is 49.4 Å².